The molecule has 0 aliphatic carbocycles. The maximum Gasteiger partial charge on any atom is 0.309 e. The van der Waals surface area contributed by atoms with Crippen molar-refractivity contribution in [3.63, 3.8) is 0 Å². The number of esters is 2. The quantitative estimate of drug-likeness (QED) is 0.238. The predicted octanol–water partition coefficient (Wildman–Crippen LogP) is 5.46. The lowest BCUT2D eigenvalue weighted by molar-refractivity contribution is -0.146. The summed E-state index contributed by atoms with van der Waals surface area (Å²) in [5, 5.41) is 0. The summed E-state index contributed by atoms with van der Waals surface area (Å²) in [6.07, 6.45) is 14.2. The molecule has 0 bridgehead atoms. The Morgan fingerprint density at radius 3 is 2.00 bits per heavy atom. The van der Waals surface area contributed by atoms with E-state index in [0.717, 1.165) is 19.3 Å². The van der Waals surface area contributed by atoms with Crippen LogP contribution in [-0.2, 0) is 25.5 Å². The van der Waals surface area contributed by atoms with Gasteiger partial charge in [0.25, 0.3) is 0 Å². The molecule has 0 fully saturated rings. The lowest BCUT2D eigenvalue weighted by atomic mass is 9.91. The fourth-order valence-corrected chi connectivity index (χ4v) is 3.93. The van der Waals surface area contributed by atoms with E-state index in [4.69, 9.17) is 13.9 Å². The number of hydrogen-bond acceptors (Lipinski definition) is 6. The summed E-state index contributed by atoms with van der Waals surface area (Å²) in [6, 6.07) is 2.73. The van der Waals surface area contributed by atoms with E-state index in [2.05, 4.69) is 6.92 Å². The van der Waals surface area contributed by atoms with Gasteiger partial charge in [-0.1, -0.05) is 64.7 Å². The first kappa shape index (κ1) is 26.9. The Bertz CT molecular complexity index is 681. The van der Waals surface area contributed by atoms with E-state index < -0.39 is 5.92 Å². The number of carbonyl (C=O) groups excluding carboxylic acids is 2. The van der Waals surface area contributed by atoms with Crippen LogP contribution in [0.3, 0.4) is 0 Å². The zero-order valence-electron chi connectivity index (χ0n) is 19.5. The van der Waals surface area contributed by atoms with Gasteiger partial charge in [0.05, 0.1) is 32.3 Å². The van der Waals surface area contributed by atoms with Crippen LogP contribution in [0.4, 0.5) is 0 Å². The molecule has 0 saturated carbocycles. The molecule has 6 nitrogen and oxygen atoms in total. The van der Waals surface area contributed by atoms with Crippen molar-refractivity contribution in [1.29, 1.82) is 0 Å². The molecular formula is C25H40O6. The lowest BCUT2D eigenvalue weighted by Gasteiger charge is -2.17. The zero-order chi connectivity index (χ0) is 22.9. The Hall–Kier alpha value is -2.11. The first-order valence-corrected chi connectivity index (χ1v) is 11.7. The summed E-state index contributed by atoms with van der Waals surface area (Å²) in [4.78, 5) is 35.9. The van der Waals surface area contributed by atoms with E-state index in [1.54, 1.807) is 0 Å². The molecule has 1 rings (SSSR count). The molecule has 0 spiro atoms. The fraction of sp³-hybridized carbons (Fsp3) is 0.720. The van der Waals surface area contributed by atoms with Gasteiger partial charge in [0, 0.05) is 18.6 Å². The molecule has 0 saturated heterocycles. The molecule has 2 atom stereocenters. The molecular weight excluding hydrogens is 396 g/mol. The average molecular weight is 437 g/mol. The first-order chi connectivity index (χ1) is 15.0. The topological polar surface area (TPSA) is 82.8 Å². The maximum absolute atomic E-state index is 12.2. The summed E-state index contributed by atoms with van der Waals surface area (Å²) in [5.74, 6) is -0.586. The molecule has 31 heavy (non-hydrogen) atoms. The van der Waals surface area contributed by atoms with Crippen molar-refractivity contribution in [2.75, 3.05) is 14.2 Å². The van der Waals surface area contributed by atoms with Gasteiger partial charge in [-0.2, -0.15) is 0 Å². The standard InChI is InChI=1S/C25H40O6/c1-4-5-6-7-8-9-10-11-13-20(24(27)29-2)14-12-15-21(25(28)30-3)18-23-19-22(26)16-17-31-23/h16-17,19-21H,4-15,18H2,1-3H3. The number of hydrogen-bond donors (Lipinski definition) is 0. The third-order valence-corrected chi connectivity index (χ3v) is 5.78. The highest BCUT2D eigenvalue weighted by Gasteiger charge is 2.23. The Kier molecular flexibility index (Phi) is 14.4. The van der Waals surface area contributed by atoms with Gasteiger partial charge >= 0.3 is 11.9 Å². The minimum atomic E-state index is -0.406. The number of unbranched alkanes of at least 4 members (excludes halogenated alkanes) is 7. The largest absolute Gasteiger partial charge is 0.469 e. The minimum absolute atomic E-state index is 0.141. The number of rotatable bonds is 17. The number of methoxy groups -OCH3 is 2. The van der Waals surface area contributed by atoms with Gasteiger partial charge in [-0.25, -0.2) is 0 Å². The van der Waals surface area contributed by atoms with E-state index >= 15 is 0 Å². The van der Waals surface area contributed by atoms with Gasteiger partial charge in [-0.15, -0.1) is 0 Å². The van der Waals surface area contributed by atoms with Crippen LogP contribution in [0.1, 0.15) is 89.7 Å². The summed E-state index contributed by atoms with van der Waals surface area (Å²) in [5.41, 5.74) is -0.152. The van der Waals surface area contributed by atoms with Crippen molar-refractivity contribution in [3.8, 4) is 0 Å². The predicted molar refractivity (Wildman–Crippen MR) is 121 cm³/mol. The second kappa shape index (κ2) is 16.6. The first-order valence-electron chi connectivity index (χ1n) is 11.7. The summed E-state index contributed by atoms with van der Waals surface area (Å²) in [6.45, 7) is 2.22. The molecule has 0 aromatic carbocycles. The average Bonchev–Trinajstić information content (AvgIpc) is 2.77. The second-order valence-corrected chi connectivity index (χ2v) is 8.27. The molecule has 0 amide bonds. The van der Waals surface area contributed by atoms with Crippen LogP contribution in [0.5, 0.6) is 0 Å². The molecule has 6 heteroatoms. The molecule has 0 N–H and O–H groups in total. The lowest BCUT2D eigenvalue weighted by Crippen LogP contribution is -2.21. The Labute approximate surface area is 186 Å². The molecule has 1 aromatic heterocycles. The van der Waals surface area contributed by atoms with Gasteiger partial charge in [0.15, 0.2) is 5.43 Å². The summed E-state index contributed by atoms with van der Waals surface area (Å²) in [7, 11) is 2.79. The third-order valence-electron chi connectivity index (χ3n) is 5.78. The molecule has 0 aliphatic heterocycles. The van der Waals surface area contributed by atoms with Crippen molar-refractivity contribution < 1.29 is 23.5 Å². The highest BCUT2D eigenvalue weighted by molar-refractivity contribution is 5.73. The molecule has 0 aliphatic rings. The highest BCUT2D eigenvalue weighted by atomic mass is 16.5. The van der Waals surface area contributed by atoms with Crippen molar-refractivity contribution in [1.82, 2.24) is 0 Å². The van der Waals surface area contributed by atoms with E-state index in [-0.39, 0.29) is 23.3 Å². The fourth-order valence-electron chi connectivity index (χ4n) is 3.93. The molecule has 1 aromatic rings. The minimum Gasteiger partial charge on any atom is -0.469 e. The van der Waals surface area contributed by atoms with Crippen molar-refractivity contribution in [2.45, 2.75) is 90.4 Å². The zero-order valence-corrected chi connectivity index (χ0v) is 19.5. The highest BCUT2D eigenvalue weighted by Crippen LogP contribution is 2.23. The molecule has 176 valence electrons. The molecule has 2 unspecified atom stereocenters. The number of carbonyl (C=O) groups is 2. The van der Waals surface area contributed by atoms with Crippen molar-refractivity contribution in [2.24, 2.45) is 11.8 Å². The van der Waals surface area contributed by atoms with E-state index in [1.165, 1.54) is 71.1 Å². The van der Waals surface area contributed by atoms with E-state index in [0.29, 0.717) is 31.4 Å². The third kappa shape index (κ3) is 11.7. The van der Waals surface area contributed by atoms with Crippen LogP contribution in [-0.4, -0.2) is 26.2 Å². The summed E-state index contributed by atoms with van der Waals surface area (Å²) >= 11 is 0. The second-order valence-electron chi connectivity index (χ2n) is 8.27. The van der Waals surface area contributed by atoms with E-state index in [9.17, 15) is 14.4 Å². The van der Waals surface area contributed by atoms with Crippen molar-refractivity contribution >= 4 is 11.9 Å². The molecule has 1 heterocycles. The monoisotopic (exact) mass is 436 g/mol. The van der Waals surface area contributed by atoms with Gasteiger partial charge in [-0.3, -0.25) is 14.4 Å². The normalized spacial score (nSPS) is 12.9. The van der Waals surface area contributed by atoms with Gasteiger partial charge in [-0.05, 0) is 19.3 Å². The SMILES string of the molecule is CCCCCCCCCCC(CCCC(Cc1cc(=O)cco1)C(=O)OC)C(=O)OC. The Balaban J connectivity index is 2.45. The van der Waals surface area contributed by atoms with Crippen LogP contribution in [0.25, 0.3) is 0 Å². The summed E-state index contributed by atoms with van der Waals surface area (Å²) < 4.78 is 15.2. The van der Waals surface area contributed by atoms with Crippen LogP contribution in [0.15, 0.2) is 27.6 Å². The van der Waals surface area contributed by atoms with Crippen LogP contribution < -0.4 is 5.43 Å². The Morgan fingerprint density at radius 1 is 0.839 bits per heavy atom. The van der Waals surface area contributed by atoms with Crippen LogP contribution in [0, 0.1) is 11.8 Å². The van der Waals surface area contributed by atoms with Gasteiger partial charge in [0.1, 0.15) is 5.76 Å². The number of ether oxygens (including phenoxy) is 2. The molecule has 0 radical (unpaired) electrons. The van der Waals surface area contributed by atoms with E-state index in [1.807, 2.05) is 0 Å². The van der Waals surface area contributed by atoms with Crippen LogP contribution in [0.2, 0.25) is 0 Å². The Morgan fingerprint density at radius 2 is 1.39 bits per heavy atom. The van der Waals surface area contributed by atoms with Gasteiger partial charge < -0.3 is 13.9 Å². The van der Waals surface area contributed by atoms with Crippen LogP contribution >= 0.6 is 0 Å². The van der Waals surface area contributed by atoms with Crippen molar-refractivity contribution in [3.05, 3.63) is 34.4 Å². The smallest absolute Gasteiger partial charge is 0.309 e. The maximum atomic E-state index is 12.2. The van der Waals surface area contributed by atoms with Gasteiger partial charge in [0.2, 0.25) is 0 Å².